The number of benzene rings is 7. The predicted molar refractivity (Wildman–Crippen MR) is 450 cm³/mol. The summed E-state index contributed by atoms with van der Waals surface area (Å²) in [5, 5.41) is 6.95. The number of nitrogens with one attached hydrogen (secondary N) is 2. The Morgan fingerprint density at radius 1 is 0.386 bits per heavy atom. The molecule has 101 heavy (non-hydrogen) atoms. The maximum Gasteiger partial charge on any atom is 0.0633 e. The molecule has 3 saturated carbocycles. The molecular weight excluding hydrogens is 1230 g/mol. The first kappa shape index (κ1) is 83.6. The van der Waals surface area contributed by atoms with Crippen LogP contribution >= 0.6 is 0 Å². The van der Waals surface area contributed by atoms with Crippen LogP contribution in [0.15, 0.2) is 329 Å². The second-order valence-electron chi connectivity index (χ2n) is 25.2. The van der Waals surface area contributed by atoms with Crippen LogP contribution in [0.2, 0.25) is 0 Å². The van der Waals surface area contributed by atoms with Crippen molar-refractivity contribution in [2.45, 2.75) is 191 Å². The summed E-state index contributed by atoms with van der Waals surface area (Å²) in [7, 11) is 0. The molecule has 3 aliphatic rings. The van der Waals surface area contributed by atoms with Gasteiger partial charge in [-0.25, -0.2) is 0 Å². The Morgan fingerprint density at radius 2 is 0.723 bits per heavy atom. The van der Waals surface area contributed by atoms with Crippen molar-refractivity contribution in [1.82, 2.24) is 10.6 Å². The van der Waals surface area contributed by atoms with Gasteiger partial charge in [0.15, 0.2) is 0 Å². The van der Waals surface area contributed by atoms with E-state index >= 15 is 0 Å². The van der Waals surface area contributed by atoms with Gasteiger partial charge < -0.3 is 10.6 Å². The van der Waals surface area contributed by atoms with Crippen molar-refractivity contribution in [3.63, 3.8) is 0 Å². The molecule has 0 heterocycles. The van der Waals surface area contributed by atoms with E-state index in [4.69, 9.17) is 4.99 Å². The summed E-state index contributed by atoms with van der Waals surface area (Å²) in [6, 6.07) is 73.2. The fourth-order valence-corrected chi connectivity index (χ4v) is 11.6. The van der Waals surface area contributed by atoms with Crippen LogP contribution in [0, 0.1) is 0 Å². The highest BCUT2D eigenvalue weighted by Gasteiger charge is 2.14. The van der Waals surface area contributed by atoms with Gasteiger partial charge in [0.1, 0.15) is 0 Å². The van der Waals surface area contributed by atoms with Crippen molar-refractivity contribution in [3.8, 4) is 0 Å². The zero-order valence-corrected chi connectivity index (χ0v) is 63.1. The Kier molecular flexibility index (Phi) is 43.9. The third kappa shape index (κ3) is 37.2. The van der Waals surface area contributed by atoms with Crippen molar-refractivity contribution < 1.29 is 0 Å². The molecule has 0 radical (unpaired) electrons. The average molecular weight is 1350 g/mol. The number of hydrogen-bond acceptors (Lipinski definition) is 7. The van der Waals surface area contributed by atoms with Crippen LogP contribution in [0.4, 0.5) is 22.7 Å². The summed E-state index contributed by atoms with van der Waals surface area (Å²) in [5.41, 5.74) is 17.9. The molecule has 0 aromatic heterocycles. The summed E-state index contributed by atoms with van der Waals surface area (Å²) in [4.78, 5) is 22.8. The van der Waals surface area contributed by atoms with Gasteiger partial charge >= 0.3 is 0 Å². The van der Waals surface area contributed by atoms with E-state index in [0.717, 1.165) is 51.6 Å². The molecule has 7 aromatic rings. The van der Waals surface area contributed by atoms with Gasteiger partial charge in [0, 0.05) is 52.9 Å². The van der Waals surface area contributed by atoms with Gasteiger partial charge in [0.2, 0.25) is 0 Å². The highest BCUT2D eigenvalue weighted by Crippen LogP contribution is 2.25. The Labute approximate surface area is 611 Å². The normalized spacial score (nSPS) is 15.5. The second-order valence-corrected chi connectivity index (χ2v) is 25.2. The van der Waals surface area contributed by atoms with Crippen molar-refractivity contribution in [2.75, 3.05) is 0 Å². The molecule has 2 N–H and O–H groups in total. The summed E-state index contributed by atoms with van der Waals surface area (Å²) in [6.45, 7) is 29.8. The topological polar surface area (TPSA) is 85.9 Å². The summed E-state index contributed by atoms with van der Waals surface area (Å²) in [5.74, 6) is 0. The number of para-hydroxylation sites is 4. The van der Waals surface area contributed by atoms with E-state index in [1.165, 1.54) is 141 Å². The summed E-state index contributed by atoms with van der Waals surface area (Å²) in [6.07, 6.45) is 44.6. The fraction of sp³-hybridized carbons (Fsp3) is 0.309. The minimum absolute atomic E-state index is 0.558. The monoisotopic (exact) mass is 1350 g/mol. The Hall–Kier alpha value is -9.85. The fourth-order valence-electron chi connectivity index (χ4n) is 11.6. The van der Waals surface area contributed by atoms with Crippen LogP contribution in [0.3, 0.4) is 0 Å². The highest BCUT2D eigenvalue weighted by molar-refractivity contribution is 6.24. The number of rotatable bonds is 19. The van der Waals surface area contributed by atoms with E-state index in [1.807, 2.05) is 218 Å². The molecule has 7 heteroatoms. The van der Waals surface area contributed by atoms with Crippen LogP contribution in [0.5, 0.6) is 0 Å². The Balaban J connectivity index is 0.000000252. The molecule has 3 fully saturated rings. The van der Waals surface area contributed by atoms with Gasteiger partial charge in [0.05, 0.1) is 22.7 Å². The lowest BCUT2D eigenvalue weighted by atomic mass is 9.95. The molecule has 3 aliphatic carbocycles. The minimum atomic E-state index is 0.558. The standard InChI is InChI=1S/2C17H17N.C16H21N.2C11H19N.2C11H13N/c2*1-3-17(15-10-6-4-7-11-15)14(2)18-16-12-8-5-9-13-16;1-2-14(15-9-5-3-6-10-15)13-17-16-11-7-4-8-12-16;1-3-10(2)9-12-11-7-5-4-6-8-11;3*1-3-7-10(2)12-11-8-5-4-6-9-11/h2*3-13H,1-2H3;2-3,5-6,9-10,13,16H,4,7-8,11-12H2,1H3;3,9,11-12H,1,4-8H2,2H3;3,7,11-12H,1,4-6,8-9H2,2H3;2*3-9H,1-2H3/b2*17-3-,18-14?;14-2-,17-13?;10-9+;10-7+;2*7-3+,12-10?. The van der Waals surface area contributed by atoms with Gasteiger partial charge in [-0.2, -0.15) is 0 Å². The average Bonchev–Trinajstić information content (AvgIpc) is 0.905. The maximum atomic E-state index is 4.74. The van der Waals surface area contributed by atoms with Crippen LogP contribution in [0.25, 0.3) is 16.7 Å². The first-order chi connectivity index (χ1) is 49.3. The predicted octanol–water partition coefficient (Wildman–Crippen LogP) is 27.0. The lowest BCUT2D eigenvalue weighted by Gasteiger charge is -2.23. The van der Waals surface area contributed by atoms with E-state index in [-0.39, 0.29) is 0 Å². The van der Waals surface area contributed by atoms with Gasteiger partial charge in [-0.3, -0.25) is 25.0 Å². The zero-order valence-electron chi connectivity index (χ0n) is 63.1. The molecule has 0 spiro atoms. The van der Waals surface area contributed by atoms with Crippen LogP contribution < -0.4 is 10.6 Å². The molecule has 0 saturated heterocycles. The molecule has 7 nitrogen and oxygen atoms in total. The summed E-state index contributed by atoms with van der Waals surface area (Å²) >= 11 is 0. The Bertz CT molecular complexity index is 3570. The van der Waals surface area contributed by atoms with Gasteiger partial charge in [-0.05, 0) is 227 Å². The van der Waals surface area contributed by atoms with Crippen LogP contribution in [-0.4, -0.2) is 47.2 Å². The lowest BCUT2D eigenvalue weighted by Crippen LogP contribution is -2.29. The number of aliphatic imine (C=N–C) groups is 5. The van der Waals surface area contributed by atoms with Gasteiger partial charge in [0.25, 0.3) is 0 Å². The quantitative estimate of drug-likeness (QED) is 0.0624. The molecular formula is C94H119N7. The Morgan fingerprint density at radius 3 is 1.06 bits per heavy atom. The molecule has 0 aliphatic heterocycles. The first-order valence-electron chi connectivity index (χ1n) is 36.8. The van der Waals surface area contributed by atoms with Gasteiger partial charge in [-0.1, -0.05) is 277 Å². The molecule has 0 bridgehead atoms. The van der Waals surface area contributed by atoms with Crippen LogP contribution in [0.1, 0.15) is 189 Å². The second kappa shape index (κ2) is 53.1. The molecule has 0 atom stereocenters. The van der Waals surface area contributed by atoms with Crippen LogP contribution in [-0.2, 0) is 0 Å². The minimum Gasteiger partial charge on any atom is -0.388 e. The van der Waals surface area contributed by atoms with E-state index in [9.17, 15) is 0 Å². The summed E-state index contributed by atoms with van der Waals surface area (Å²) < 4.78 is 0. The number of allylic oxidation sites excluding steroid dienone is 15. The third-order valence-corrected chi connectivity index (χ3v) is 16.9. The first-order valence-corrected chi connectivity index (χ1v) is 36.8. The van der Waals surface area contributed by atoms with E-state index < -0.39 is 0 Å². The van der Waals surface area contributed by atoms with Crippen molar-refractivity contribution >= 4 is 68.5 Å². The van der Waals surface area contributed by atoms with E-state index in [1.54, 1.807) is 0 Å². The molecule has 0 unspecified atom stereocenters. The molecule has 530 valence electrons. The van der Waals surface area contributed by atoms with Crippen molar-refractivity contribution in [3.05, 3.63) is 320 Å². The van der Waals surface area contributed by atoms with E-state index in [2.05, 4.69) is 188 Å². The van der Waals surface area contributed by atoms with Crippen molar-refractivity contribution in [2.24, 2.45) is 25.0 Å². The largest absolute Gasteiger partial charge is 0.388 e. The smallest absolute Gasteiger partial charge is 0.0633 e. The zero-order chi connectivity index (χ0) is 72.8. The van der Waals surface area contributed by atoms with E-state index in [0.29, 0.717) is 12.1 Å². The van der Waals surface area contributed by atoms with Gasteiger partial charge in [-0.15, -0.1) is 0 Å². The third-order valence-electron chi connectivity index (χ3n) is 16.9. The SMILES string of the molecule is C/C=C(/C(C)=Nc1ccccc1)c1ccccc1.C/C=C(/C(C)=Nc1ccccc1)c1ccccc1.C/C=C(/C=NC1CCCCC1)c1ccccc1.C/C=C/C(C)=Nc1ccccc1.C/C=C/C(C)=Nc1ccccc1.C=C/C(C)=C/NC1CCCCC1.C=C/C=C(\C)NC1CCCCC1. The molecule has 0 amide bonds. The number of hydrogen-bond donors (Lipinski definition) is 2. The lowest BCUT2D eigenvalue weighted by molar-refractivity contribution is 0.396. The molecule has 7 aromatic carbocycles. The molecule has 10 rings (SSSR count). The maximum absolute atomic E-state index is 4.74. The van der Waals surface area contributed by atoms with Crippen molar-refractivity contribution in [1.29, 1.82) is 0 Å². The number of nitrogens with zero attached hydrogens (tertiary/aromatic N) is 5. The highest BCUT2D eigenvalue weighted by atomic mass is 14.9.